The molecule has 0 saturated carbocycles. The van der Waals surface area contributed by atoms with E-state index in [1.54, 1.807) is 0 Å². The van der Waals surface area contributed by atoms with E-state index in [0.717, 1.165) is 27.9 Å². The number of hydrogen-bond donors (Lipinski definition) is 1. The van der Waals surface area contributed by atoms with Gasteiger partial charge in [0, 0.05) is 10.5 Å². The van der Waals surface area contributed by atoms with Gasteiger partial charge in [0.2, 0.25) is 0 Å². The standard InChI is InChI=1S/C11H15BrClN/c1-2-3-7-10(14)8-5-4-6-9(12)11(8)13/h4-6,10H,2-3,7,14H2,1H3. The molecule has 3 heteroatoms. The van der Waals surface area contributed by atoms with Gasteiger partial charge in [-0.3, -0.25) is 0 Å². The van der Waals surface area contributed by atoms with E-state index < -0.39 is 0 Å². The van der Waals surface area contributed by atoms with Gasteiger partial charge in [-0.2, -0.15) is 0 Å². The predicted octanol–water partition coefficient (Wildman–Crippen LogP) is 4.29. The van der Waals surface area contributed by atoms with Crippen molar-refractivity contribution < 1.29 is 0 Å². The smallest absolute Gasteiger partial charge is 0.0595 e. The van der Waals surface area contributed by atoms with Crippen LogP contribution >= 0.6 is 27.5 Å². The molecular weight excluding hydrogens is 261 g/mol. The van der Waals surface area contributed by atoms with E-state index >= 15 is 0 Å². The van der Waals surface area contributed by atoms with Crippen molar-refractivity contribution in [2.45, 2.75) is 32.2 Å². The summed E-state index contributed by atoms with van der Waals surface area (Å²) in [5.74, 6) is 0. The normalized spacial score (nSPS) is 12.9. The molecule has 2 N–H and O–H groups in total. The molecule has 78 valence electrons. The summed E-state index contributed by atoms with van der Waals surface area (Å²) in [5.41, 5.74) is 7.08. The fourth-order valence-corrected chi connectivity index (χ4v) is 2.03. The lowest BCUT2D eigenvalue weighted by Gasteiger charge is -2.13. The van der Waals surface area contributed by atoms with Crippen molar-refractivity contribution in [2.24, 2.45) is 5.73 Å². The van der Waals surface area contributed by atoms with Gasteiger partial charge in [0.1, 0.15) is 0 Å². The van der Waals surface area contributed by atoms with Crippen LogP contribution in [-0.4, -0.2) is 0 Å². The van der Waals surface area contributed by atoms with E-state index in [9.17, 15) is 0 Å². The first-order valence-electron chi connectivity index (χ1n) is 4.86. The SMILES string of the molecule is CCCCC(N)c1cccc(Br)c1Cl. The van der Waals surface area contributed by atoms with Crippen LogP contribution in [0.2, 0.25) is 5.02 Å². The summed E-state index contributed by atoms with van der Waals surface area (Å²) in [7, 11) is 0. The van der Waals surface area contributed by atoms with Gasteiger partial charge in [0.15, 0.2) is 0 Å². The van der Waals surface area contributed by atoms with E-state index in [4.69, 9.17) is 17.3 Å². The zero-order valence-corrected chi connectivity index (χ0v) is 10.6. The molecule has 1 atom stereocenters. The van der Waals surface area contributed by atoms with Gasteiger partial charge < -0.3 is 5.73 Å². The Morgan fingerprint density at radius 2 is 2.21 bits per heavy atom. The number of hydrogen-bond acceptors (Lipinski definition) is 1. The Morgan fingerprint density at radius 3 is 2.86 bits per heavy atom. The van der Waals surface area contributed by atoms with Gasteiger partial charge in [-0.1, -0.05) is 43.5 Å². The van der Waals surface area contributed by atoms with Crippen molar-refractivity contribution in [1.82, 2.24) is 0 Å². The lowest BCUT2D eigenvalue weighted by atomic mass is 10.0. The quantitative estimate of drug-likeness (QED) is 0.872. The Hall–Kier alpha value is -0.0500. The van der Waals surface area contributed by atoms with Gasteiger partial charge in [-0.05, 0) is 34.0 Å². The molecule has 0 amide bonds. The summed E-state index contributed by atoms with van der Waals surface area (Å²) in [6.07, 6.45) is 3.30. The second-order valence-corrected chi connectivity index (χ2v) is 4.62. The highest BCUT2D eigenvalue weighted by molar-refractivity contribution is 9.10. The Labute approximate surface area is 98.8 Å². The average molecular weight is 277 g/mol. The Kier molecular flexibility index (Phi) is 4.93. The molecule has 0 aliphatic heterocycles. The first-order chi connectivity index (χ1) is 6.66. The number of nitrogens with two attached hydrogens (primary N) is 1. The Bertz CT molecular complexity index is 301. The van der Waals surface area contributed by atoms with E-state index in [0.29, 0.717) is 0 Å². The lowest BCUT2D eigenvalue weighted by Crippen LogP contribution is -2.10. The molecule has 1 rings (SSSR count). The van der Waals surface area contributed by atoms with E-state index in [1.165, 1.54) is 6.42 Å². The zero-order chi connectivity index (χ0) is 10.6. The first kappa shape index (κ1) is 12.0. The van der Waals surface area contributed by atoms with E-state index in [2.05, 4.69) is 22.9 Å². The molecule has 0 radical (unpaired) electrons. The number of rotatable bonds is 4. The second kappa shape index (κ2) is 5.74. The van der Waals surface area contributed by atoms with Crippen molar-refractivity contribution in [3.63, 3.8) is 0 Å². The van der Waals surface area contributed by atoms with E-state index in [1.807, 2.05) is 18.2 Å². The number of unbranched alkanes of at least 4 members (excludes halogenated alkanes) is 1. The van der Waals surface area contributed by atoms with Crippen molar-refractivity contribution in [3.8, 4) is 0 Å². The summed E-state index contributed by atoms with van der Waals surface area (Å²) in [6, 6.07) is 5.95. The molecule has 0 aliphatic rings. The van der Waals surface area contributed by atoms with Gasteiger partial charge in [0.05, 0.1) is 5.02 Å². The van der Waals surface area contributed by atoms with Crippen molar-refractivity contribution in [2.75, 3.05) is 0 Å². The van der Waals surface area contributed by atoms with Crippen molar-refractivity contribution in [1.29, 1.82) is 0 Å². The summed E-state index contributed by atoms with van der Waals surface area (Å²) < 4.78 is 0.920. The maximum Gasteiger partial charge on any atom is 0.0595 e. The van der Waals surface area contributed by atoms with Crippen LogP contribution in [0.1, 0.15) is 37.8 Å². The fourth-order valence-electron chi connectivity index (χ4n) is 1.39. The summed E-state index contributed by atoms with van der Waals surface area (Å²) in [5, 5.41) is 0.746. The minimum Gasteiger partial charge on any atom is -0.324 e. The minimum atomic E-state index is 0.0555. The van der Waals surface area contributed by atoms with Crippen LogP contribution in [0.4, 0.5) is 0 Å². The Balaban J connectivity index is 2.79. The summed E-state index contributed by atoms with van der Waals surface area (Å²) in [6.45, 7) is 2.16. The third-order valence-electron chi connectivity index (χ3n) is 2.25. The molecule has 0 aromatic heterocycles. The van der Waals surface area contributed by atoms with Crippen LogP contribution in [-0.2, 0) is 0 Å². The Morgan fingerprint density at radius 1 is 1.50 bits per heavy atom. The van der Waals surface area contributed by atoms with Gasteiger partial charge in [-0.25, -0.2) is 0 Å². The third kappa shape index (κ3) is 2.97. The van der Waals surface area contributed by atoms with Crippen LogP contribution < -0.4 is 5.73 Å². The third-order valence-corrected chi connectivity index (χ3v) is 3.56. The molecule has 0 spiro atoms. The average Bonchev–Trinajstić information content (AvgIpc) is 2.18. The maximum atomic E-state index is 6.14. The summed E-state index contributed by atoms with van der Waals surface area (Å²) in [4.78, 5) is 0. The molecule has 1 nitrogen and oxygen atoms in total. The zero-order valence-electron chi connectivity index (χ0n) is 8.26. The van der Waals surface area contributed by atoms with Crippen LogP contribution in [0.25, 0.3) is 0 Å². The fraction of sp³-hybridized carbons (Fsp3) is 0.455. The molecule has 0 fully saturated rings. The molecule has 14 heavy (non-hydrogen) atoms. The highest BCUT2D eigenvalue weighted by Gasteiger charge is 2.10. The highest BCUT2D eigenvalue weighted by atomic mass is 79.9. The molecular formula is C11H15BrClN. The van der Waals surface area contributed by atoms with Crippen LogP contribution in [0.3, 0.4) is 0 Å². The molecule has 0 heterocycles. The molecule has 1 aromatic rings. The number of benzene rings is 1. The van der Waals surface area contributed by atoms with Crippen LogP contribution in [0.5, 0.6) is 0 Å². The first-order valence-corrected chi connectivity index (χ1v) is 6.03. The molecule has 0 bridgehead atoms. The molecule has 0 saturated heterocycles. The van der Waals surface area contributed by atoms with Gasteiger partial charge in [-0.15, -0.1) is 0 Å². The predicted molar refractivity (Wildman–Crippen MR) is 65.6 cm³/mol. The van der Waals surface area contributed by atoms with Gasteiger partial charge >= 0.3 is 0 Å². The second-order valence-electron chi connectivity index (χ2n) is 3.39. The maximum absolute atomic E-state index is 6.14. The summed E-state index contributed by atoms with van der Waals surface area (Å²) >= 11 is 9.54. The lowest BCUT2D eigenvalue weighted by molar-refractivity contribution is 0.603. The largest absolute Gasteiger partial charge is 0.324 e. The van der Waals surface area contributed by atoms with Crippen LogP contribution in [0.15, 0.2) is 22.7 Å². The topological polar surface area (TPSA) is 26.0 Å². The number of halogens is 2. The monoisotopic (exact) mass is 275 g/mol. The minimum absolute atomic E-state index is 0.0555. The van der Waals surface area contributed by atoms with E-state index in [-0.39, 0.29) is 6.04 Å². The molecule has 1 aromatic carbocycles. The molecule has 1 unspecified atom stereocenters. The highest BCUT2D eigenvalue weighted by Crippen LogP contribution is 2.30. The van der Waals surface area contributed by atoms with Crippen molar-refractivity contribution >= 4 is 27.5 Å². The molecule has 0 aliphatic carbocycles. The van der Waals surface area contributed by atoms with Gasteiger partial charge in [0.25, 0.3) is 0 Å². The van der Waals surface area contributed by atoms with Crippen LogP contribution in [0, 0.1) is 0 Å². The van der Waals surface area contributed by atoms with Crippen molar-refractivity contribution in [3.05, 3.63) is 33.3 Å².